The van der Waals surface area contributed by atoms with E-state index in [0.717, 1.165) is 6.42 Å². The topological polar surface area (TPSA) is 87.2 Å². The lowest BCUT2D eigenvalue weighted by Gasteiger charge is -2.12. The van der Waals surface area contributed by atoms with Gasteiger partial charge in [-0.2, -0.15) is 0 Å². The molecule has 0 spiro atoms. The maximum Gasteiger partial charge on any atom is 0.273 e. The van der Waals surface area contributed by atoms with Crippen LogP contribution in [0.1, 0.15) is 37.2 Å². The van der Waals surface area contributed by atoms with Crippen molar-refractivity contribution in [1.29, 1.82) is 0 Å². The molecule has 1 atom stereocenters. The SMILES string of the molecule is CCC(C)NC(=O)CCNc1ccc(C(=O)N(C)C)nn1. The fraction of sp³-hybridized carbons (Fsp3) is 0.571. The van der Waals surface area contributed by atoms with Gasteiger partial charge < -0.3 is 15.5 Å². The Hall–Kier alpha value is -2.18. The lowest BCUT2D eigenvalue weighted by molar-refractivity contribution is -0.121. The molecule has 0 aliphatic rings. The van der Waals surface area contributed by atoms with Crippen LogP contribution in [-0.2, 0) is 4.79 Å². The fourth-order valence-electron chi connectivity index (χ4n) is 1.52. The van der Waals surface area contributed by atoms with E-state index in [9.17, 15) is 9.59 Å². The molecular weight excluding hydrogens is 270 g/mol. The zero-order valence-corrected chi connectivity index (χ0v) is 13.0. The largest absolute Gasteiger partial charge is 0.368 e. The minimum Gasteiger partial charge on any atom is -0.368 e. The Morgan fingerprint density at radius 1 is 1.29 bits per heavy atom. The molecule has 2 amide bonds. The molecule has 7 heteroatoms. The molecule has 0 aromatic carbocycles. The molecule has 116 valence electrons. The number of nitrogens with zero attached hydrogens (tertiary/aromatic N) is 3. The van der Waals surface area contributed by atoms with Crippen molar-refractivity contribution in [3.8, 4) is 0 Å². The van der Waals surface area contributed by atoms with Gasteiger partial charge in [-0.1, -0.05) is 6.92 Å². The Kier molecular flexibility index (Phi) is 6.58. The van der Waals surface area contributed by atoms with Gasteiger partial charge in [-0.3, -0.25) is 9.59 Å². The van der Waals surface area contributed by atoms with E-state index in [-0.39, 0.29) is 17.9 Å². The monoisotopic (exact) mass is 293 g/mol. The van der Waals surface area contributed by atoms with Gasteiger partial charge >= 0.3 is 0 Å². The van der Waals surface area contributed by atoms with Crippen molar-refractivity contribution < 1.29 is 9.59 Å². The van der Waals surface area contributed by atoms with Crippen molar-refractivity contribution in [3.05, 3.63) is 17.8 Å². The van der Waals surface area contributed by atoms with Crippen molar-refractivity contribution in [2.24, 2.45) is 0 Å². The van der Waals surface area contributed by atoms with E-state index in [1.807, 2.05) is 13.8 Å². The van der Waals surface area contributed by atoms with E-state index in [1.165, 1.54) is 4.90 Å². The lowest BCUT2D eigenvalue weighted by Crippen LogP contribution is -2.33. The van der Waals surface area contributed by atoms with Gasteiger partial charge in [-0.25, -0.2) is 0 Å². The molecule has 0 aliphatic heterocycles. The second kappa shape index (κ2) is 8.18. The molecule has 1 aromatic rings. The smallest absolute Gasteiger partial charge is 0.273 e. The van der Waals surface area contributed by atoms with Crippen LogP contribution in [0.3, 0.4) is 0 Å². The maximum atomic E-state index is 11.6. The molecule has 0 aliphatic carbocycles. The quantitative estimate of drug-likeness (QED) is 0.780. The first-order chi connectivity index (χ1) is 9.93. The molecule has 1 aromatic heterocycles. The Balaban J connectivity index is 2.40. The highest BCUT2D eigenvalue weighted by atomic mass is 16.2. The third-order valence-electron chi connectivity index (χ3n) is 2.97. The summed E-state index contributed by atoms with van der Waals surface area (Å²) in [4.78, 5) is 24.7. The average molecular weight is 293 g/mol. The van der Waals surface area contributed by atoms with Gasteiger partial charge in [0.25, 0.3) is 5.91 Å². The molecule has 0 saturated heterocycles. The molecule has 1 rings (SSSR count). The molecular formula is C14H23N5O2. The third kappa shape index (κ3) is 5.76. The zero-order chi connectivity index (χ0) is 15.8. The summed E-state index contributed by atoms with van der Waals surface area (Å²) in [6.45, 7) is 4.46. The first-order valence-electron chi connectivity index (χ1n) is 7.02. The molecule has 0 bridgehead atoms. The Morgan fingerprint density at radius 3 is 2.52 bits per heavy atom. The van der Waals surface area contributed by atoms with E-state index in [2.05, 4.69) is 20.8 Å². The molecule has 1 heterocycles. The van der Waals surface area contributed by atoms with Crippen LogP contribution in [0.2, 0.25) is 0 Å². The second-order valence-electron chi connectivity index (χ2n) is 5.06. The standard InChI is InChI=1S/C14H23N5O2/c1-5-10(2)16-13(20)8-9-15-12-7-6-11(17-18-12)14(21)19(3)4/h6-7,10H,5,8-9H2,1-4H3,(H,15,18)(H,16,20). The maximum absolute atomic E-state index is 11.6. The van der Waals surface area contributed by atoms with Gasteiger partial charge in [0, 0.05) is 33.1 Å². The number of aromatic nitrogens is 2. The summed E-state index contributed by atoms with van der Waals surface area (Å²) in [7, 11) is 3.32. The van der Waals surface area contributed by atoms with Crippen molar-refractivity contribution in [2.45, 2.75) is 32.7 Å². The van der Waals surface area contributed by atoms with Crippen molar-refractivity contribution in [1.82, 2.24) is 20.4 Å². The van der Waals surface area contributed by atoms with Crippen molar-refractivity contribution in [2.75, 3.05) is 26.0 Å². The van der Waals surface area contributed by atoms with Gasteiger partial charge in [0.05, 0.1) is 0 Å². The van der Waals surface area contributed by atoms with Crippen LogP contribution in [0.25, 0.3) is 0 Å². The number of rotatable bonds is 7. The minimum absolute atomic E-state index is 0.00390. The Labute approximate surface area is 125 Å². The highest BCUT2D eigenvalue weighted by Gasteiger charge is 2.10. The minimum atomic E-state index is -0.193. The van der Waals surface area contributed by atoms with Crippen LogP contribution in [0, 0.1) is 0 Å². The second-order valence-corrected chi connectivity index (χ2v) is 5.06. The van der Waals surface area contributed by atoms with Crippen molar-refractivity contribution >= 4 is 17.6 Å². The van der Waals surface area contributed by atoms with E-state index < -0.39 is 0 Å². The van der Waals surface area contributed by atoms with Gasteiger partial charge in [-0.05, 0) is 25.5 Å². The number of carbonyl (C=O) groups is 2. The normalized spacial score (nSPS) is 11.6. The van der Waals surface area contributed by atoms with Crippen LogP contribution in [-0.4, -0.2) is 53.6 Å². The first-order valence-corrected chi connectivity index (χ1v) is 7.02. The Morgan fingerprint density at radius 2 is 2.00 bits per heavy atom. The first kappa shape index (κ1) is 16.9. The summed E-state index contributed by atoms with van der Waals surface area (Å²) in [5, 5.41) is 13.7. The van der Waals surface area contributed by atoms with Crippen LogP contribution in [0.15, 0.2) is 12.1 Å². The number of carbonyl (C=O) groups excluding carboxylic acids is 2. The summed E-state index contributed by atoms with van der Waals surface area (Å²) in [5.41, 5.74) is 0.292. The van der Waals surface area contributed by atoms with Gasteiger partial charge in [0.1, 0.15) is 5.82 Å². The van der Waals surface area contributed by atoms with Gasteiger partial charge in [0.2, 0.25) is 5.91 Å². The lowest BCUT2D eigenvalue weighted by atomic mass is 10.2. The molecule has 2 N–H and O–H groups in total. The summed E-state index contributed by atoms with van der Waals surface area (Å²) < 4.78 is 0. The van der Waals surface area contributed by atoms with Gasteiger partial charge in [0.15, 0.2) is 5.69 Å². The number of amides is 2. The number of nitrogens with one attached hydrogen (secondary N) is 2. The summed E-state index contributed by atoms with van der Waals surface area (Å²) in [6.07, 6.45) is 1.27. The summed E-state index contributed by atoms with van der Waals surface area (Å²) >= 11 is 0. The van der Waals surface area contributed by atoms with E-state index in [0.29, 0.717) is 24.5 Å². The number of hydrogen-bond acceptors (Lipinski definition) is 5. The molecule has 0 fully saturated rings. The Bertz CT molecular complexity index is 473. The van der Waals surface area contributed by atoms with Crippen LogP contribution in [0.4, 0.5) is 5.82 Å². The fourth-order valence-corrected chi connectivity index (χ4v) is 1.52. The molecule has 0 radical (unpaired) electrons. The summed E-state index contributed by atoms with van der Waals surface area (Å²) in [6, 6.07) is 3.47. The number of anilines is 1. The molecule has 0 saturated carbocycles. The van der Waals surface area contributed by atoms with Crippen LogP contribution in [0.5, 0.6) is 0 Å². The predicted molar refractivity (Wildman–Crippen MR) is 81.1 cm³/mol. The zero-order valence-electron chi connectivity index (χ0n) is 13.0. The molecule has 7 nitrogen and oxygen atoms in total. The average Bonchev–Trinajstić information content (AvgIpc) is 2.46. The molecule has 21 heavy (non-hydrogen) atoms. The molecule has 1 unspecified atom stereocenters. The van der Waals surface area contributed by atoms with E-state index in [1.54, 1.807) is 26.2 Å². The number of hydrogen-bond donors (Lipinski definition) is 2. The van der Waals surface area contributed by atoms with E-state index >= 15 is 0 Å². The van der Waals surface area contributed by atoms with Gasteiger partial charge in [-0.15, -0.1) is 10.2 Å². The van der Waals surface area contributed by atoms with Crippen molar-refractivity contribution in [3.63, 3.8) is 0 Å². The third-order valence-corrected chi connectivity index (χ3v) is 2.97. The predicted octanol–water partition coefficient (Wildman–Crippen LogP) is 0.895. The highest BCUT2D eigenvalue weighted by Crippen LogP contribution is 2.03. The summed E-state index contributed by atoms with van der Waals surface area (Å²) in [5.74, 6) is 0.354. The highest BCUT2D eigenvalue weighted by molar-refractivity contribution is 5.91. The van der Waals surface area contributed by atoms with Crippen LogP contribution < -0.4 is 10.6 Å². The van der Waals surface area contributed by atoms with Crippen LogP contribution >= 0.6 is 0 Å². The van der Waals surface area contributed by atoms with E-state index in [4.69, 9.17) is 0 Å².